The van der Waals surface area contributed by atoms with Gasteiger partial charge in [-0.25, -0.2) is 0 Å². The second-order valence-corrected chi connectivity index (χ2v) is 4.28. The zero-order valence-electron chi connectivity index (χ0n) is 8.89. The van der Waals surface area contributed by atoms with Crippen molar-refractivity contribution in [3.8, 4) is 0 Å². The van der Waals surface area contributed by atoms with Crippen LogP contribution in [0.15, 0.2) is 0 Å². The first-order valence-corrected chi connectivity index (χ1v) is 5.78. The highest BCUT2D eigenvalue weighted by Crippen LogP contribution is 2.26. The van der Waals surface area contributed by atoms with Gasteiger partial charge in [0, 0.05) is 6.04 Å². The van der Waals surface area contributed by atoms with Crippen LogP contribution in [0.1, 0.15) is 45.4 Å². The number of rotatable bonds is 5. The van der Waals surface area contributed by atoms with Gasteiger partial charge in [0.1, 0.15) is 0 Å². The lowest BCUT2D eigenvalue weighted by Gasteiger charge is -2.28. The maximum absolute atomic E-state index is 5.45. The molecular weight excluding hydrogens is 160 g/mol. The van der Waals surface area contributed by atoms with Gasteiger partial charge in [-0.15, -0.1) is 0 Å². The van der Waals surface area contributed by atoms with E-state index in [2.05, 4.69) is 12.2 Å². The van der Waals surface area contributed by atoms with E-state index in [1.54, 1.807) is 0 Å². The van der Waals surface area contributed by atoms with E-state index in [-0.39, 0.29) is 0 Å². The molecule has 0 radical (unpaired) electrons. The Morgan fingerprint density at radius 2 is 2.00 bits per heavy atom. The summed E-state index contributed by atoms with van der Waals surface area (Å²) in [7, 11) is 0. The van der Waals surface area contributed by atoms with Gasteiger partial charge >= 0.3 is 0 Å². The molecule has 0 spiro atoms. The Balaban J connectivity index is 2.09. The summed E-state index contributed by atoms with van der Waals surface area (Å²) >= 11 is 0. The number of hydrogen-bond donors (Lipinski definition) is 2. The van der Waals surface area contributed by atoms with E-state index in [1.165, 1.54) is 32.1 Å². The van der Waals surface area contributed by atoms with Gasteiger partial charge in [0.25, 0.3) is 0 Å². The highest BCUT2D eigenvalue weighted by atomic mass is 14.9. The quantitative estimate of drug-likeness (QED) is 0.640. The highest BCUT2D eigenvalue weighted by molar-refractivity contribution is 4.75. The smallest absolute Gasteiger partial charge is 0.00670 e. The first-order valence-electron chi connectivity index (χ1n) is 5.78. The SMILES string of the molecule is C[C@H](NCCCN)C1CCCCC1. The van der Waals surface area contributed by atoms with Gasteiger partial charge < -0.3 is 11.1 Å². The lowest BCUT2D eigenvalue weighted by molar-refractivity contribution is 0.282. The molecule has 3 N–H and O–H groups in total. The summed E-state index contributed by atoms with van der Waals surface area (Å²) in [6.45, 7) is 4.23. The Labute approximate surface area is 82.3 Å². The van der Waals surface area contributed by atoms with Gasteiger partial charge in [0.05, 0.1) is 0 Å². The molecule has 78 valence electrons. The normalized spacial score (nSPS) is 21.7. The molecule has 0 aromatic heterocycles. The Kier molecular flexibility index (Phi) is 5.40. The molecule has 2 nitrogen and oxygen atoms in total. The molecule has 0 amide bonds. The summed E-state index contributed by atoms with van der Waals surface area (Å²) in [5.74, 6) is 0.923. The molecule has 2 heteroatoms. The summed E-state index contributed by atoms with van der Waals surface area (Å²) in [5, 5.41) is 3.57. The minimum atomic E-state index is 0.701. The summed E-state index contributed by atoms with van der Waals surface area (Å²) in [6.07, 6.45) is 8.29. The molecule has 0 saturated heterocycles. The summed E-state index contributed by atoms with van der Waals surface area (Å²) in [4.78, 5) is 0. The largest absolute Gasteiger partial charge is 0.330 e. The van der Waals surface area contributed by atoms with Crippen molar-refractivity contribution < 1.29 is 0 Å². The van der Waals surface area contributed by atoms with Crippen LogP contribution >= 0.6 is 0 Å². The topological polar surface area (TPSA) is 38.0 Å². The standard InChI is InChI=1S/C11H24N2/c1-10(13-9-5-8-12)11-6-3-2-4-7-11/h10-11,13H,2-9,12H2,1H3/t10-/m0/s1. The van der Waals surface area contributed by atoms with Crippen molar-refractivity contribution in [2.75, 3.05) is 13.1 Å². The second-order valence-electron chi connectivity index (χ2n) is 4.28. The average Bonchev–Trinajstić information content (AvgIpc) is 2.19. The highest BCUT2D eigenvalue weighted by Gasteiger charge is 2.18. The Morgan fingerprint density at radius 1 is 1.31 bits per heavy atom. The van der Waals surface area contributed by atoms with Gasteiger partial charge in [0.15, 0.2) is 0 Å². The Morgan fingerprint density at radius 3 is 2.62 bits per heavy atom. The van der Waals surface area contributed by atoms with Crippen molar-refractivity contribution >= 4 is 0 Å². The average molecular weight is 184 g/mol. The third kappa shape index (κ3) is 4.10. The van der Waals surface area contributed by atoms with Crippen LogP contribution < -0.4 is 11.1 Å². The molecule has 0 aliphatic heterocycles. The third-order valence-electron chi connectivity index (χ3n) is 3.20. The fraction of sp³-hybridized carbons (Fsp3) is 1.00. The van der Waals surface area contributed by atoms with E-state index in [0.29, 0.717) is 6.04 Å². The first-order chi connectivity index (χ1) is 6.34. The molecule has 1 saturated carbocycles. The van der Waals surface area contributed by atoms with E-state index >= 15 is 0 Å². The molecule has 1 aliphatic rings. The summed E-state index contributed by atoms with van der Waals surface area (Å²) in [5.41, 5.74) is 5.45. The van der Waals surface area contributed by atoms with Crippen molar-refractivity contribution in [2.24, 2.45) is 11.7 Å². The van der Waals surface area contributed by atoms with Crippen LogP contribution in [0.3, 0.4) is 0 Å². The monoisotopic (exact) mass is 184 g/mol. The molecule has 0 aromatic carbocycles. The van der Waals surface area contributed by atoms with Gasteiger partial charge in [-0.3, -0.25) is 0 Å². The fourth-order valence-corrected chi connectivity index (χ4v) is 2.23. The van der Waals surface area contributed by atoms with Crippen LogP contribution in [0.25, 0.3) is 0 Å². The van der Waals surface area contributed by atoms with Gasteiger partial charge in [-0.1, -0.05) is 19.3 Å². The van der Waals surface area contributed by atoms with E-state index in [0.717, 1.165) is 25.4 Å². The van der Waals surface area contributed by atoms with Crippen molar-refractivity contribution in [3.63, 3.8) is 0 Å². The Hall–Kier alpha value is -0.0800. The van der Waals surface area contributed by atoms with E-state index < -0.39 is 0 Å². The van der Waals surface area contributed by atoms with Crippen molar-refractivity contribution in [3.05, 3.63) is 0 Å². The minimum absolute atomic E-state index is 0.701. The first kappa shape index (κ1) is 11.0. The molecule has 1 rings (SSSR count). The molecule has 0 aromatic rings. The third-order valence-corrected chi connectivity index (χ3v) is 3.20. The molecule has 13 heavy (non-hydrogen) atoms. The van der Waals surface area contributed by atoms with Crippen LogP contribution in [0.5, 0.6) is 0 Å². The van der Waals surface area contributed by atoms with Crippen molar-refractivity contribution in [2.45, 2.75) is 51.5 Å². The zero-order chi connectivity index (χ0) is 9.52. The molecule has 1 aliphatic carbocycles. The van der Waals surface area contributed by atoms with E-state index in [1.807, 2.05) is 0 Å². The van der Waals surface area contributed by atoms with Gasteiger partial charge in [-0.05, 0) is 45.2 Å². The summed E-state index contributed by atoms with van der Waals surface area (Å²) in [6, 6.07) is 0.701. The van der Waals surface area contributed by atoms with Crippen LogP contribution in [0, 0.1) is 5.92 Å². The Bertz CT molecular complexity index is 119. The van der Waals surface area contributed by atoms with E-state index in [4.69, 9.17) is 5.73 Å². The van der Waals surface area contributed by atoms with Gasteiger partial charge in [0.2, 0.25) is 0 Å². The van der Waals surface area contributed by atoms with Crippen molar-refractivity contribution in [1.82, 2.24) is 5.32 Å². The molecule has 1 fully saturated rings. The zero-order valence-corrected chi connectivity index (χ0v) is 8.89. The second kappa shape index (κ2) is 6.39. The maximum Gasteiger partial charge on any atom is 0.00670 e. The number of nitrogens with one attached hydrogen (secondary N) is 1. The lowest BCUT2D eigenvalue weighted by Crippen LogP contribution is -2.35. The van der Waals surface area contributed by atoms with Gasteiger partial charge in [-0.2, -0.15) is 0 Å². The molecule has 0 unspecified atom stereocenters. The van der Waals surface area contributed by atoms with Crippen LogP contribution in [0.4, 0.5) is 0 Å². The fourth-order valence-electron chi connectivity index (χ4n) is 2.23. The molecule has 0 heterocycles. The molecule has 1 atom stereocenters. The number of hydrogen-bond acceptors (Lipinski definition) is 2. The van der Waals surface area contributed by atoms with E-state index in [9.17, 15) is 0 Å². The predicted octanol–water partition coefficient (Wildman–Crippen LogP) is 1.89. The molecular formula is C11H24N2. The van der Waals surface area contributed by atoms with Crippen LogP contribution in [-0.2, 0) is 0 Å². The maximum atomic E-state index is 5.45. The van der Waals surface area contributed by atoms with Crippen LogP contribution in [0.2, 0.25) is 0 Å². The summed E-state index contributed by atoms with van der Waals surface area (Å²) < 4.78 is 0. The molecule has 0 bridgehead atoms. The van der Waals surface area contributed by atoms with Crippen molar-refractivity contribution in [1.29, 1.82) is 0 Å². The minimum Gasteiger partial charge on any atom is -0.330 e. The predicted molar refractivity (Wildman–Crippen MR) is 57.7 cm³/mol. The lowest BCUT2D eigenvalue weighted by atomic mass is 9.84. The number of nitrogens with two attached hydrogens (primary N) is 1. The van der Waals surface area contributed by atoms with Crippen LogP contribution in [-0.4, -0.2) is 19.1 Å².